The minimum Gasteiger partial charge on any atom is -0.267 e. The van der Waals surface area contributed by atoms with Gasteiger partial charge in [0.2, 0.25) is 0 Å². The summed E-state index contributed by atoms with van der Waals surface area (Å²) in [5.41, 5.74) is 3.40. The average molecular weight is 284 g/mol. The molecule has 1 N–H and O–H groups in total. The highest BCUT2D eigenvalue weighted by molar-refractivity contribution is 6.02. The number of hydrogen-bond acceptors (Lipinski definition) is 5. The standard InChI is InChI=1S/C14H12N4O3/c1-10(11-6-8-15-9-7-11)16-17-14(19)12-4-2-3-5-13(12)18(20)21/h2-9H,1H3,(H,17,19)/b16-10-. The number of amides is 1. The van der Waals surface area contributed by atoms with Gasteiger partial charge < -0.3 is 0 Å². The number of nitrogens with zero attached hydrogens (tertiary/aromatic N) is 3. The van der Waals surface area contributed by atoms with Crippen LogP contribution in [0.3, 0.4) is 0 Å². The van der Waals surface area contributed by atoms with Crippen LogP contribution in [0.15, 0.2) is 53.9 Å². The maximum atomic E-state index is 12.0. The Morgan fingerprint density at radius 3 is 2.57 bits per heavy atom. The fourth-order valence-electron chi connectivity index (χ4n) is 1.68. The largest absolute Gasteiger partial charge is 0.282 e. The van der Waals surface area contributed by atoms with Crippen LogP contribution in [-0.2, 0) is 0 Å². The molecule has 0 saturated carbocycles. The summed E-state index contributed by atoms with van der Waals surface area (Å²) in [6.07, 6.45) is 3.22. The Hall–Kier alpha value is -3.09. The summed E-state index contributed by atoms with van der Waals surface area (Å²) in [4.78, 5) is 26.1. The van der Waals surface area contributed by atoms with Gasteiger partial charge in [0.15, 0.2) is 0 Å². The van der Waals surface area contributed by atoms with Gasteiger partial charge in [0.1, 0.15) is 5.56 Å². The minimum absolute atomic E-state index is 0.0335. The van der Waals surface area contributed by atoms with Crippen molar-refractivity contribution < 1.29 is 9.72 Å². The topological polar surface area (TPSA) is 97.5 Å². The molecule has 0 aliphatic heterocycles. The van der Waals surface area contributed by atoms with Crippen LogP contribution in [-0.4, -0.2) is 21.5 Å². The molecule has 0 aliphatic carbocycles. The summed E-state index contributed by atoms with van der Waals surface area (Å²) in [6, 6.07) is 9.20. The van der Waals surface area contributed by atoms with E-state index in [-0.39, 0.29) is 11.3 Å². The average Bonchev–Trinajstić information content (AvgIpc) is 2.53. The van der Waals surface area contributed by atoms with Gasteiger partial charge in [0, 0.05) is 24.0 Å². The van der Waals surface area contributed by atoms with Gasteiger partial charge in [0.05, 0.1) is 10.6 Å². The molecule has 0 radical (unpaired) electrons. The fourth-order valence-corrected chi connectivity index (χ4v) is 1.68. The third-order valence-corrected chi connectivity index (χ3v) is 2.77. The molecule has 1 heterocycles. The van der Waals surface area contributed by atoms with Gasteiger partial charge >= 0.3 is 0 Å². The van der Waals surface area contributed by atoms with Crippen molar-refractivity contribution in [3.8, 4) is 0 Å². The molecule has 1 amide bonds. The van der Waals surface area contributed by atoms with Crippen LogP contribution in [0.1, 0.15) is 22.8 Å². The Kier molecular flexibility index (Phi) is 4.35. The number of para-hydroxylation sites is 1. The lowest BCUT2D eigenvalue weighted by atomic mass is 10.2. The van der Waals surface area contributed by atoms with Gasteiger partial charge in [-0.25, -0.2) is 5.43 Å². The van der Waals surface area contributed by atoms with Crippen LogP contribution in [0.4, 0.5) is 5.69 Å². The van der Waals surface area contributed by atoms with Crippen LogP contribution in [0.5, 0.6) is 0 Å². The van der Waals surface area contributed by atoms with E-state index in [1.165, 1.54) is 18.2 Å². The minimum atomic E-state index is -0.629. The van der Waals surface area contributed by atoms with Gasteiger partial charge in [-0.15, -0.1) is 0 Å². The van der Waals surface area contributed by atoms with E-state index in [1.807, 2.05) is 0 Å². The maximum Gasteiger partial charge on any atom is 0.282 e. The van der Waals surface area contributed by atoms with E-state index in [0.717, 1.165) is 5.56 Å². The molecular formula is C14H12N4O3. The van der Waals surface area contributed by atoms with Crippen molar-refractivity contribution in [3.63, 3.8) is 0 Å². The van der Waals surface area contributed by atoms with E-state index in [9.17, 15) is 14.9 Å². The molecule has 2 rings (SSSR count). The quantitative estimate of drug-likeness (QED) is 0.528. The number of nitrogens with one attached hydrogen (secondary N) is 1. The number of hydrogen-bond donors (Lipinski definition) is 1. The number of carbonyl (C=O) groups excluding carboxylic acids is 1. The summed E-state index contributed by atoms with van der Waals surface area (Å²) in [7, 11) is 0. The molecule has 0 atom stereocenters. The summed E-state index contributed by atoms with van der Waals surface area (Å²) >= 11 is 0. The van der Waals surface area contributed by atoms with Crippen molar-refractivity contribution in [3.05, 3.63) is 70.0 Å². The van der Waals surface area contributed by atoms with Gasteiger partial charge in [-0.05, 0) is 25.1 Å². The monoisotopic (exact) mass is 284 g/mol. The van der Waals surface area contributed by atoms with E-state index < -0.39 is 10.8 Å². The lowest BCUT2D eigenvalue weighted by Crippen LogP contribution is -2.20. The SMILES string of the molecule is C/C(=N/NC(=O)c1ccccc1[N+](=O)[O-])c1ccncc1. The van der Waals surface area contributed by atoms with Crippen molar-refractivity contribution in [2.75, 3.05) is 0 Å². The van der Waals surface area contributed by atoms with Gasteiger partial charge in [0.25, 0.3) is 11.6 Å². The first-order chi connectivity index (χ1) is 10.1. The number of rotatable bonds is 4. The van der Waals surface area contributed by atoms with Crippen LogP contribution in [0.25, 0.3) is 0 Å². The molecule has 0 saturated heterocycles. The first-order valence-corrected chi connectivity index (χ1v) is 6.08. The number of benzene rings is 1. The van der Waals surface area contributed by atoms with Crippen molar-refractivity contribution >= 4 is 17.3 Å². The molecule has 21 heavy (non-hydrogen) atoms. The molecule has 7 nitrogen and oxygen atoms in total. The third kappa shape index (κ3) is 3.47. The zero-order valence-corrected chi connectivity index (χ0v) is 11.2. The molecule has 0 bridgehead atoms. The Morgan fingerprint density at radius 2 is 1.90 bits per heavy atom. The highest BCUT2D eigenvalue weighted by atomic mass is 16.6. The molecule has 2 aromatic rings. The number of hydrazone groups is 1. The normalized spacial score (nSPS) is 11.0. The smallest absolute Gasteiger partial charge is 0.267 e. The van der Waals surface area contributed by atoms with Crippen LogP contribution >= 0.6 is 0 Å². The summed E-state index contributed by atoms with van der Waals surface area (Å²) < 4.78 is 0. The molecule has 106 valence electrons. The highest BCUT2D eigenvalue weighted by Gasteiger charge is 2.18. The third-order valence-electron chi connectivity index (χ3n) is 2.77. The fraction of sp³-hybridized carbons (Fsp3) is 0.0714. The number of nitro groups is 1. The van der Waals surface area contributed by atoms with E-state index in [4.69, 9.17) is 0 Å². The predicted octanol–water partition coefficient (Wildman–Crippen LogP) is 2.14. The van der Waals surface area contributed by atoms with Crippen molar-refractivity contribution in [1.82, 2.24) is 10.4 Å². The summed E-state index contributed by atoms with van der Waals surface area (Å²) in [5, 5.41) is 14.8. The number of pyridine rings is 1. The summed E-state index contributed by atoms with van der Waals surface area (Å²) in [6.45, 7) is 1.72. The maximum absolute atomic E-state index is 12.0. The highest BCUT2D eigenvalue weighted by Crippen LogP contribution is 2.17. The van der Waals surface area contributed by atoms with Gasteiger partial charge in [-0.3, -0.25) is 19.9 Å². The van der Waals surface area contributed by atoms with Gasteiger partial charge in [-0.2, -0.15) is 5.10 Å². The molecule has 0 spiro atoms. The van der Waals surface area contributed by atoms with E-state index in [2.05, 4.69) is 15.5 Å². The summed E-state index contributed by atoms with van der Waals surface area (Å²) in [5.74, 6) is -0.629. The zero-order chi connectivity index (χ0) is 15.2. The van der Waals surface area contributed by atoms with E-state index in [0.29, 0.717) is 5.71 Å². The van der Waals surface area contributed by atoms with E-state index >= 15 is 0 Å². The van der Waals surface area contributed by atoms with Crippen LogP contribution in [0, 0.1) is 10.1 Å². The zero-order valence-electron chi connectivity index (χ0n) is 11.2. The second kappa shape index (κ2) is 6.38. The predicted molar refractivity (Wildman–Crippen MR) is 77.0 cm³/mol. The Morgan fingerprint density at radius 1 is 1.24 bits per heavy atom. The van der Waals surface area contributed by atoms with Crippen molar-refractivity contribution in [2.45, 2.75) is 6.92 Å². The van der Waals surface area contributed by atoms with E-state index in [1.54, 1.807) is 37.5 Å². The Bertz CT molecular complexity index is 698. The molecule has 1 aromatic carbocycles. The Labute approximate surface area is 120 Å². The van der Waals surface area contributed by atoms with Crippen LogP contribution in [0.2, 0.25) is 0 Å². The van der Waals surface area contributed by atoms with Gasteiger partial charge in [-0.1, -0.05) is 12.1 Å². The molecule has 0 aliphatic rings. The second-order valence-corrected chi connectivity index (χ2v) is 4.15. The second-order valence-electron chi connectivity index (χ2n) is 4.15. The molecule has 1 aromatic heterocycles. The van der Waals surface area contributed by atoms with Crippen LogP contribution < -0.4 is 5.43 Å². The lowest BCUT2D eigenvalue weighted by Gasteiger charge is -2.03. The van der Waals surface area contributed by atoms with Crippen molar-refractivity contribution in [2.24, 2.45) is 5.10 Å². The molecule has 7 heteroatoms. The lowest BCUT2D eigenvalue weighted by molar-refractivity contribution is -0.385. The first-order valence-electron chi connectivity index (χ1n) is 6.08. The number of aromatic nitrogens is 1. The number of nitro benzene ring substituents is 1. The first kappa shape index (κ1) is 14.3. The molecule has 0 unspecified atom stereocenters. The van der Waals surface area contributed by atoms with Crippen molar-refractivity contribution in [1.29, 1.82) is 0 Å². The number of carbonyl (C=O) groups is 1. The molecule has 0 fully saturated rings. The molecular weight excluding hydrogens is 272 g/mol. The Balaban J connectivity index is 2.18.